The molecule has 4 heterocycles. The van der Waals surface area contributed by atoms with E-state index in [9.17, 15) is 5.26 Å². The summed E-state index contributed by atoms with van der Waals surface area (Å²) in [5.74, 6) is 0.127. The SMILES string of the molecule is Cn1cc(-c2cc(-c3cnn(C4(CN)CCC(C#N)CC4)c3)c3ccnn3c2)cn1. The second-order valence-corrected chi connectivity index (χ2v) is 8.21. The van der Waals surface area contributed by atoms with Gasteiger partial charge in [0.1, 0.15) is 0 Å². The van der Waals surface area contributed by atoms with Crippen LogP contribution in [0, 0.1) is 17.2 Å². The molecule has 0 atom stereocenters. The van der Waals surface area contributed by atoms with Crippen LogP contribution in [0.2, 0.25) is 0 Å². The fourth-order valence-electron chi connectivity index (χ4n) is 4.52. The third kappa shape index (κ3) is 2.99. The third-order valence-electron chi connectivity index (χ3n) is 6.40. The molecule has 8 nitrogen and oxygen atoms in total. The van der Waals surface area contributed by atoms with E-state index in [1.54, 1.807) is 10.9 Å². The highest BCUT2D eigenvalue weighted by molar-refractivity contribution is 5.83. The Bertz CT molecular complexity index is 1230. The van der Waals surface area contributed by atoms with Crippen molar-refractivity contribution in [3.8, 4) is 28.3 Å². The summed E-state index contributed by atoms with van der Waals surface area (Å²) in [6.07, 6.45) is 15.2. The molecule has 8 heteroatoms. The highest BCUT2D eigenvalue weighted by atomic mass is 15.3. The van der Waals surface area contributed by atoms with Gasteiger partial charge in [0.15, 0.2) is 0 Å². The molecule has 1 saturated carbocycles. The first-order valence-corrected chi connectivity index (χ1v) is 10.2. The van der Waals surface area contributed by atoms with Crippen molar-refractivity contribution in [1.29, 1.82) is 5.26 Å². The summed E-state index contributed by atoms with van der Waals surface area (Å²) in [7, 11) is 1.91. The number of pyridine rings is 1. The van der Waals surface area contributed by atoms with Crippen LogP contribution in [0.15, 0.2) is 49.3 Å². The summed E-state index contributed by atoms with van der Waals surface area (Å²) in [6.45, 7) is 0.518. The molecule has 0 saturated heterocycles. The zero-order valence-electron chi connectivity index (χ0n) is 16.9. The Morgan fingerprint density at radius 2 is 1.90 bits per heavy atom. The van der Waals surface area contributed by atoms with Crippen molar-refractivity contribution in [2.75, 3.05) is 6.54 Å². The highest BCUT2D eigenvalue weighted by Crippen LogP contribution is 2.38. The van der Waals surface area contributed by atoms with Gasteiger partial charge in [-0.25, -0.2) is 4.52 Å². The van der Waals surface area contributed by atoms with Gasteiger partial charge in [-0.2, -0.15) is 20.6 Å². The Kier molecular flexibility index (Phi) is 4.40. The zero-order chi connectivity index (χ0) is 20.7. The normalized spacial score (nSPS) is 21.7. The van der Waals surface area contributed by atoms with Crippen molar-refractivity contribution in [3.05, 3.63) is 49.3 Å². The van der Waals surface area contributed by atoms with Gasteiger partial charge in [0.2, 0.25) is 0 Å². The number of fused-ring (bicyclic) bond motifs is 1. The molecule has 1 aliphatic carbocycles. The average Bonchev–Trinajstić information content (AvgIpc) is 3.53. The first-order chi connectivity index (χ1) is 14.6. The fourth-order valence-corrected chi connectivity index (χ4v) is 4.52. The fraction of sp³-hybridized carbons (Fsp3) is 0.364. The molecule has 0 spiro atoms. The molecule has 1 fully saturated rings. The van der Waals surface area contributed by atoms with Crippen molar-refractivity contribution in [2.24, 2.45) is 18.7 Å². The maximum Gasteiger partial charge on any atom is 0.0750 e. The van der Waals surface area contributed by atoms with E-state index >= 15 is 0 Å². The summed E-state index contributed by atoms with van der Waals surface area (Å²) in [4.78, 5) is 0. The predicted octanol–water partition coefficient (Wildman–Crippen LogP) is 2.97. The van der Waals surface area contributed by atoms with E-state index in [4.69, 9.17) is 10.8 Å². The summed E-state index contributed by atoms with van der Waals surface area (Å²) in [6, 6.07) is 6.58. The monoisotopic (exact) mass is 400 g/mol. The minimum Gasteiger partial charge on any atom is -0.328 e. The lowest BCUT2D eigenvalue weighted by atomic mass is 9.77. The molecule has 4 aromatic rings. The number of hydrogen-bond donors (Lipinski definition) is 1. The van der Waals surface area contributed by atoms with E-state index in [-0.39, 0.29) is 11.5 Å². The molecular formula is C22H24N8. The van der Waals surface area contributed by atoms with Crippen molar-refractivity contribution in [3.63, 3.8) is 0 Å². The second-order valence-electron chi connectivity index (χ2n) is 8.21. The van der Waals surface area contributed by atoms with Crippen LogP contribution in [-0.4, -0.2) is 35.7 Å². The Morgan fingerprint density at radius 3 is 2.60 bits per heavy atom. The number of rotatable bonds is 4. The lowest BCUT2D eigenvalue weighted by molar-refractivity contribution is 0.164. The van der Waals surface area contributed by atoms with Gasteiger partial charge in [-0.15, -0.1) is 0 Å². The number of hydrogen-bond acceptors (Lipinski definition) is 5. The van der Waals surface area contributed by atoms with Gasteiger partial charge >= 0.3 is 0 Å². The topological polar surface area (TPSA) is 103 Å². The Balaban J connectivity index is 1.56. The zero-order valence-corrected chi connectivity index (χ0v) is 16.9. The molecule has 5 rings (SSSR count). The van der Waals surface area contributed by atoms with Crippen LogP contribution in [0.5, 0.6) is 0 Å². The summed E-state index contributed by atoms with van der Waals surface area (Å²) < 4.78 is 5.72. The number of aryl methyl sites for hydroxylation is 1. The quantitative estimate of drug-likeness (QED) is 0.567. The molecule has 4 aromatic heterocycles. The van der Waals surface area contributed by atoms with Crippen LogP contribution in [0.1, 0.15) is 25.7 Å². The minimum absolute atomic E-state index is 0.127. The van der Waals surface area contributed by atoms with Crippen molar-refractivity contribution in [1.82, 2.24) is 29.2 Å². The Hall–Kier alpha value is -3.44. The van der Waals surface area contributed by atoms with Crippen LogP contribution in [-0.2, 0) is 12.6 Å². The van der Waals surface area contributed by atoms with Crippen LogP contribution >= 0.6 is 0 Å². The van der Waals surface area contributed by atoms with Gasteiger partial charge in [-0.1, -0.05) is 0 Å². The van der Waals surface area contributed by atoms with Gasteiger partial charge in [-0.3, -0.25) is 9.36 Å². The molecule has 0 amide bonds. The average molecular weight is 400 g/mol. The lowest BCUT2D eigenvalue weighted by Gasteiger charge is -2.38. The van der Waals surface area contributed by atoms with Gasteiger partial charge in [-0.05, 0) is 37.8 Å². The van der Waals surface area contributed by atoms with Crippen molar-refractivity contribution < 1.29 is 0 Å². The van der Waals surface area contributed by atoms with E-state index < -0.39 is 0 Å². The molecule has 0 unspecified atom stereocenters. The van der Waals surface area contributed by atoms with Crippen LogP contribution in [0.4, 0.5) is 0 Å². The summed E-state index contributed by atoms with van der Waals surface area (Å²) in [5, 5.41) is 22.7. The maximum atomic E-state index is 9.24. The van der Waals surface area contributed by atoms with Crippen molar-refractivity contribution >= 4 is 5.52 Å². The van der Waals surface area contributed by atoms with E-state index in [1.807, 2.05) is 47.1 Å². The smallest absolute Gasteiger partial charge is 0.0750 e. The van der Waals surface area contributed by atoms with E-state index in [2.05, 4.69) is 28.5 Å². The Labute approximate surface area is 174 Å². The Morgan fingerprint density at radius 1 is 1.10 bits per heavy atom. The number of nitrogens with zero attached hydrogens (tertiary/aromatic N) is 7. The molecule has 30 heavy (non-hydrogen) atoms. The van der Waals surface area contributed by atoms with Gasteiger partial charge in [0.25, 0.3) is 0 Å². The first-order valence-electron chi connectivity index (χ1n) is 10.2. The number of aromatic nitrogens is 6. The molecule has 0 aliphatic heterocycles. The van der Waals surface area contributed by atoms with E-state index in [1.165, 1.54) is 0 Å². The summed E-state index contributed by atoms with van der Waals surface area (Å²) >= 11 is 0. The third-order valence-corrected chi connectivity index (χ3v) is 6.40. The molecule has 2 N–H and O–H groups in total. The molecule has 152 valence electrons. The lowest BCUT2D eigenvalue weighted by Crippen LogP contribution is -2.44. The van der Waals surface area contributed by atoms with Crippen molar-refractivity contribution in [2.45, 2.75) is 31.2 Å². The van der Waals surface area contributed by atoms with Crippen LogP contribution < -0.4 is 5.73 Å². The second kappa shape index (κ2) is 7.11. The molecule has 0 radical (unpaired) electrons. The largest absolute Gasteiger partial charge is 0.328 e. The van der Waals surface area contributed by atoms with Gasteiger partial charge in [0, 0.05) is 66.6 Å². The highest BCUT2D eigenvalue weighted by Gasteiger charge is 2.36. The molecule has 0 aromatic carbocycles. The van der Waals surface area contributed by atoms with Crippen LogP contribution in [0.3, 0.4) is 0 Å². The summed E-state index contributed by atoms with van der Waals surface area (Å²) in [5.41, 5.74) is 11.2. The maximum absolute atomic E-state index is 9.24. The van der Waals surface area contributed by atoms with Crippen LogP contribution in [0.25, 0.3) is 27.8 Å². The molecular weight excluding hydrogens is 376 g/mol. The number of nitriles is 1. The minimum atomic E-state index is -0.219. The standard InChI is InChI=1S/C22H24N8/c1-28-12-18(10-26-28)17-8-20(21-4-7-25-29(21)13-17)19-11-27-30(14-19)22(15-24)5-2-16(9-23)3-6-22/h4,7-8,10-14,16H,2-3,5-6,15,24H2,1H3. The van der Waals surface area contributed by atoms with Gasteiger partial charge < -0.3 is 5.73 Å². The number of nitrogens with two attached hydrogens (primary N) is 1. The molecule has 1 aliphatic rings. The predicted molar refractivity (Wildman–Crippen MR) is 113 cm³/mol. The van der Waals surface area contributed by atoms with Gasteiger partial charge in [0.05, 0.1) is 29.5 Å². The molecule has 0 bridgehead atoms. The van der Waals surface area contributed by atoms with E-state index in [0.29, 0.717) is 6.54 Å². The first kappa shape index (κ1) is 18.6. The van der Waals surface area contributed by atoms with E-state index in [0.717, 1.165) is 53.5 Å².